The Balaban J connectivity index is 1.69. The van der Waals surface area contributed by atoms with Gasteiger partial charge in [0.1, 0.15) is 28.0 Å². The molecule has 8 heteroatoms. The van der Waals surface area contributed by atoms with E-state index in [1.165, 1.54) is 31.0 Å². The molecule has 0 aliphatic heterocycles. The first-order valence-corrected chi connectivity index (χ1v) is 8.48. The van der Waals surface area contributed by atoms with E-state index >= 15 is 0 Å². The van der Waals surface area contributed by atoms with Crippen LogP contribution in [0.15, 0.2) is 40.0 Å². The van der Waals surface area contributed by atoms with Gasteiger partial charge in [-0.15, -0.1) is 0 Å². The molecule has 25 heavy (non-hydrogen) atoms. The van der Waals surface area contributed by atoms with E-state index in [-0.39, 0.29) is 17.5 Å². The second kappa shape index (κ2) is 7.52. The van der Waals surface area contributed by atoms with Crippen LogP contribution in [0.5, 0.6) is 0 Å². The van der Waals surface area contributed by atoms with Crippen LogP contribution in [0.25, 0.3) is 11.0 Å². The number of anilines is 1. The Kier molecular flexibility index (Phi) is 5.18. The summed E-state index contributed by atoms with van der Waals surface area (Å²) < 4.78 is 23.7. The van der Waals surface area contributed by atoms with Crippen molar-refractivity contribution in [1.29, 1.82) is 0 Å². The minimum atomic E-state index is -0.324. The van der Waals surface area contributed by atoms with Gasteiger partial charge in [0.15, 0.2) is 0 Å². The molecule has 3 aromatic rings. The third-order valence-electron chi connectivity index (χ3n) is 3.61. The lowest BCUT2D eigenvalue weighted by atomic mass is 10.1. The molecule has 0 amide bonds. The number of halogens is 1. The minimum Gasteiger partial charge on any atom is -0.468 e. The maximum Gasteiger partial charge on any atom is 0.316 e. The van der Waals surface area contributed by atoms with Gasteiger partial charge in [-0.2, -0.15) is 0 Å². The van der Waals surface area contributed by atoms with Crippen LogP contribution in [0, 0.1) is 12.7 Å². The number of carbonyl (C=O) groups excluding carboxylic acids is 1. The number of fused-ring (bicyclic) bond motifs is 1. The lowest BCUT2D eigenvalue weighted by Gasteiger charge is -2.06. The van der Waals surface area contributed by atoms with Gasteiger partial charge in [0, 0.05) is 10.9 Å². The quantitative estimate of drug-likeness (QED) is 0.531. The summed E-state index contributed by atoms with van der Waals surface area (Å²) in [5.41, 5.74) is 1.52. The molecular weight excluding hydrogens is 345 g/mol. The van der Waals surface area contributed by atoms with Crippen LogP contribution in [0.3, 0.4) is 0 Å². The summed E-state index contributed by atoms with van der Waals surface area (Å²) in [6.45, 7) is 2.28. The average molecular weight is 361 g/mol. The van der Waals surface area contributed by atoms with E-state index < -0.39 is 0 Å². The van der Waals surface area contributed by atoms with Crippen molar-refractivity contribution in [2.75, 3.05) is 18.2 Å². The molecule has 0 saturated carbocycles. The fraction of sp³-hybridized carbons (Fsp3) is 0.235. The molecule has 1 N–H and O–H groups in total. The highest BCUT2D eigenvalue weighted by Gasteiger charge is 2.11. The Morgan fingerprint density at radius 2 is 2.24 bits per heavy atom. The van der Waals surface area contributed by atoms with Gasteiger partial charge < -0.3 is 14.5 Å². The fourth-order valence-electron chi connectivity index (χ4n) is 2.28. The number of ether oxygens (including phenoxy) is 1. The molecule has 0 bridgehead atoms. The lowest BCUT2D eigenvalue weighted by molar-refractivity contribution is -0.137. The van der Waals surface area contributed by atoms with Gasteiger partial charge >= 0.3 is 5.97 Å². The Morgan fingerprint density at radius 3 is 3.04 bits per heavy atom. The molecule has 2 heterocycles. The van der Waals surface area contributed by atoms with Crippen LogP contribution >= 0.6 is 11.8 Å². The van der Waals surface area contributed by atoms with Crippen molar-refractivity contribution in [2.24, 2.45) is 0 Å². The number of aromatic nitrogens is 2. The van der Waals surface area contributed by atoms with Crippen molar-refractivity contribution < 1.29 is 18.3 Å². The molecule has 6 nitrogen and oxygen atoms in total. The molecular formula is C17H16FN3O3S. The molecule has 0 aliphatic rings. The van der Waals surface area contributed by atoms with Gasteiger partial charge in [0.05, 0.1) is 31.8 Å². The highest BCUT2D eigenvalue weighted by atomic mass is 32.2. The number of hydrogen-bond donors (Lipinski definition) is 1. The summed E-state index contributed by atoms with van der Waals surface area (Å²) in [5, 5.41) is 4.49. The number of thioether (sulfide) groups is 1. The normalized spacial score (nSPS) is 10.8. The molecule has 0 radical (unpaired) electrons. The van der Waals surface area contributed by atoms with E-state index in [1.807, 2.05) is 6.92 Å². The number of rotatable bonds is 6. The first kappa shape index (κ1) is 17.2. The zero-order valence-electron chi connectivity index (χ0n) is 13.7. The lowest BCUT2D eigenvalue weighted by Crippen LogP contribution is -2.05. The predicted octanol–water partition coefficient (Wildman–Crippen LogP) is 3.55. The molecule has 0 saturated heterocycles. The highest BCUT2D eigenvalue weighted by molar-refractivity contribution is 7.99. The molecule has 130 valence electrons. The Hall–Kier alpha value is -2.61. The summed E-state index contributed by atoms with van der Waals surface area (Å²) in [7, 11) is 1.34. The summed E-state index contributed by atoms with van der Waals surface area (Å²) in [4.78, 5) is 19.7. The Morgan fingerprint density at radius 1 is 1.40 bits per heavy atom. The van der Waals surface area contributed by atoms with Gasteiger partial charge in [-0.1, -0.05) is 11.8 Å². The van der Waals surface area contributed by atoms with Gasteiger partial charge in [-0.25, -0.2) is 9.37 Å². The number of aryl methyl sites for hydroxylation is 1. The fourth-order valence-corrected chi connectivity index (χ4v) is 2.96. The van der Waals surface area contributed by atoms with E-state index in [1.54, 1.807) is 18.5 Å². The largest absolute Gasteiger partial charge is 0.468 e. The second-order valence-electron chi connectivity index (χ2n) is 5.25. The van der Waals surface area contributed by atoms with E-state index in [0.717, 1.165) is 10.9 Å². The number of hydrogen-bond acceptors (Lipinski definition) is 7. The summed E-state index contributed by atoms with van der Waals surface area (Å²) in [6.07, 6.45) is 3.16. The van der Waals surface area contributed by atoms with Crippen LogP contribution in [0.4, 0.5) is 10.2 Å². The number of benzene rings is 1. The van der Waals surface area contributed by atoms with Crippen LogP contribution < -0.4 is 5.32 Å². The minimum absolute atomic E-state index is 0.170. The molecule has 0 atom stereocenters. The van der Waals surface area contributed by atoms with Crippen molar-refractivity contribution in [3.8, 4) is 0 Å². The average Bonchev–Trinajstić information content (AvgIpc) is 2.94. The summed E-state index contributed by atoms with van der Waals surface area (Å²) in [6, 6.07) is 4.45. The molecule has 0 fully saturated rings. The molecule has 1 aromatic carbocycles. The van der Waals surface area contributed by atoms with Gasteiger partial charge in [-0.3, -0.25) is 9.78 Å². The molecule has 2 aromatic heterocycles. The highest BCUT2D eigenvalue weighted by Crippen LogP contribution is 2.26. The van der Waals surface area contributed by atoms with E-state index in [2.05, 4.69) is 20.0 Å². The topological polar surface area (TPSA) is 77.2 Å². The summed E-state index contributed by atoms with van der Waals surface area (Å²) in [5.74, 6) is 0.811. The van der Waals surface area contributed by atoms with Crippen LogP contribution in [-0.4, -0.2) is 28.8 Å². The zero-order valence-corrected chi connectivity index (χ0v) is 14.5. The predicted molar refractivity (Wildman–Crippen MR) is 93.0 cm³/mol. The smallest absolute Gasteiger partial charge is 0.316 e. The standard InChI is InChI=1S/C17H16FN3O3S/c1-10-12-5-11(18)3-4-13(12)24-14(10)6-20-15-7-19-8-16(21-15)25-9-17(22)23-2/h3-5,7-8H,6,9H2,1-2H3,(H,20,21). The molecule has 3 rings (SSSR count). The molecule has 0 aliphatic carbocycles. The Labute approximate surface area is 147 Å². The number of esters is 1. The Bertz CT molecular complexity index is 913. The number of furan rings is 1. The van der Waals surface area contributed by atoms with Crippen LogP contribution in [0.2, 0.25) is 0 Å². The van der Waals surface area contributed by atoms with Gasteiger partial charge in [-0.05, 0) is 25.1 Å². The second-order valence-corrected chi connectivity index (χ2v) is 6.25. The third kappa shape index (κ3) is 4.08. The zero-order chi connectivity index (χ0) is 17.8. The monoisotopic (exact) mass is 361 g/mol. The number of nitrogens with one attached hydrogen (secondary N) is 1. The van der Waals surface area contributed by atoms with Crippen molar-refractivity contribution in [1.82, 2.24) is 9.97 Å². The van der Waals surface area contributed by atoms with Gasteiger partial charge in [0.25, 0.3) is 0 Å². The first-order valence-electron chi connectivity index (χ1n) is 7.50. The number of nitrogens with zero attached hydrogens (tertiary/aromatic N) is 2. The first-order chi connectivity index (χ1) is 12.1. The maximum atomic E-state index is 13.4. The van der Waals surface area contributed by atoms with E-state index in [4.69, 9.17) is 4.42 Å². The van der Waals surface area contributed by atoms with Crippen molar-refractivity contribution in [3.63, 3.8) is 0 Å². The van der Waals surface area contributed by atoms with Crippen molar-refractivity contribution in [3.05, 3.63) is 47.7 Å². The van der Waals surface area contributed by atoms with E-state index in [9.17, 15) is 9.18 Å². The summed E-state index contributed by atoms with van der Waals surface area (Å²) >= 11 is 1.24. The maximum absolute atomic E-state index is 13.4. The molecule has 0 unspecified atom stereocenters. The van der Waals surface area contributed by atoms with Crippen molar-refractivity contribution in [2.45, 2.75) is 18.5 Å². The SMILES string of the molecule is COC(=O)CSc1cncc(NCc2oc3ccc(F)cc3c2C)n1. The van der Waals surface area contributed by atoms with Crippen molar-refractivity contribution >= 4 is 34.5 Å². The van der Waals surface area contributed by atoms with E-state index in [0.29, 0.717) is 28.7 Å². The van der Waals surface area contributed by atoms with Gasteiger partial charge in [0.2, 0.25) is 0 Å². The third-order valence-corrected chi connectivity index (χ3v) is 4.48. The van der Waals surface area contributed by atoms with Crippen LogP contribution in [-0.2, 0) is 16.1 Å². The number of carbonyl (C=O) groups is 1. The number of methoxy groups -OCH3 is 1. The van der Waals surface area contributed by atoms with Crippen LogP contribution in [0.1, 0.15) is 11.3 Å². The molecule has 0 spiro atoms.